The van der Waals surface area contributed by atoms with E-state index in [1.54, 1.807) is 12.1 Å². The van der Waals surface area contributed by atoms with Crippen LogP contribution in [0.1, 0.15) is 32.3 Å². The Morgan fingerprint density at radius 2 is 1.90 bits per heavy atom. The van der Waals surface area contributed by atoms with Gasteiger partial charge in [0.05, 0.1) is 19.8 Å². The molecule has 7 heteroatoms. The topological polar surface area (TPSA) is 58.1 Å². The lowest BCUT2D eigenvalue weighted by molar-refractivity contribution is 0.0211. The Kier molecular flexibility index (Phi) is 8.27. The summed E-state index contributed by atoms with van der Waals surface area (Å²) >= 11 is 0. The highest BCUT2D eigenvalue weighted by Gasteiger charge is 2.34. The molecule has 2 aliphatic heterocycles. The minimum atomic E-state index is -0.193. The lowest BCUT2D eigenvalue weighted by atomic mass is 9.74. The number of halogens is 1. The van der Waals surface area contributed by atoms with E-state index < -0.39 is 0 Å². The van der Waals surface area contributed by atoms with Crippen LogP contribution in [0, 0.1) is 5.82 Å². The van der Waals surface area contributed by atoms with Crippen molar-refractivity contribution in [3.63, 3.8) is 0 Å². The van der Waals surface area contributed by atoms with E-state index in [0.717, 1.165) is 63.8 Å². The standard InChI is InChI=1S/C22H35FN4O2/c1-3-24-21(25-16-18(2)27-9-13-29-14-10-27)26-17-22(7-11-28-12-8-22)19-5-4-6-20(23)15-19/h4-6,15,18H,3,7-14,16-17H2,1-2H3,(H2,24,25,26). The molecule has 0 saturated carbocycles. The first-order chi connectivity index (χ1) is 14.1. The third-order valence-electron chi connectivity index (χ3n) is 6.00. The van der Waals surface area contributed by atoms with Gasteiger partial charge in [-0.15, -0.1) is 0 Å². The fraction of sp³-hybridized carbons (Fsp3) is 0.682. The molecule has 2 fully saturated rings. The van der Waals surface area contributed by atoms with Crippen LogP contribution in [0.15, 0.2) is 29.3 Å². The summed E-state index contributed by atoms with van der Waals surface area (Å²) in [6, 6.07) is 7.37. The summed E-state index contributed by atoms with van der Waals surface area (Å²) in [4.78, 5) is 7.34. The number of hydrogen-bond donors (Lipinski definition) is 2. The fourth-order valence-corrected chi connectivity index (χ4v) is 4.08. The molecule has 3 rings (SSSR count). The molecule has 0 amide bonds. The van der Waals surface area contributed by atoms with E-state index in [4.69, 9.17) is 14.5 Å². The first-order valence-corrected chi connectivity index (χ1v) is 10.8. The van der Waals surface area contributed by atoms with Gasteiger partial charge in [0.25, 0.3) is 0 Å². The highest BCUT2D eigenvalue weighted by Crippen LogP contribution is 2.35. The van der Waals surface area contributed by atoms with Gasteiger partial charge in [-0.1, -0.05) is 12.1 Å². The Balaban J connectivity index is 1.67. The van der Waals surface area contributed by atoms with Crippen molar-refractivity contribution in [1.82, 2.24) is 15.5 Å². The van der Waals surface area contributed by atoms with Gasteiger partial charge in [-0.25, -0.2) is 4.39 Å². The summed E-state index contributed by atoms with van der Waals surface area (Å²) < 4.78 is 24.9. The average Bonchev–Trinajstić information content (AvgIpc) is 2.76. The Morgan fingerprint density at radius 1 is 1.17 bits per heavy atom. The van der Waals surface area contributed by atoms with Gasteiger partial charge in [-0.05, 0) is 44.4 Å². The van der Waals surface area contributed by atoms with Gasteiger partial charge in [0.15, 0.2) is 5.96 Å². The third-order valence-corrected chi connectivity index (χ3v) is 6.00. The van der Waals surface area contributed by atoms with Crippen LogP contribution >= 0.6 is 0 Å². The van der Waals surface area contributed by atoms with Crippen molar-refractivity contribution in [3.8, 4) is 0 Å². The van der Waals surface area contributed by atoms with Gasteiger partial charge in [-0.3, -0.25) is 9.89 Å². The molecule has 2 saturated heterocycles. The monoisotopic (exact) mass is 406 g/mol. The highest BCUT2D eigenvalue weighted by atomic mass is 19.1. The number of benzene rings is 1. The number of hydrogen-bond acceptors (Lipinski definition) is 4. The molecule has 1 unspecified atom stereocenters. The van der Waals surface area contributed by atoms with E-state index in [1.165, 1.54) is 6.07 Å². The summed E-state index contributed by atoms with van der Waals surface area (Å²) in [5.41, 5.74) is 0.834. The van der Waals surface area contributed by atoms with E-state index >= 15 is 0 Å². The second kappa shape index (κ2) is 10.9. The number of guanidine groups is 1. The second-order valence-corrected chi connectivity index (χ2v) is 7.98. The lowest BCUT2D eigenvalue weighted by Gasteiger charge is -2.37. The first kappa shape index (κ1) is 22.0. The summed E-state index contributed by atoms with van der Waals surface area (Å²) in [5.74, 6) is 0.622. The molecule has 6 nitrogen and oxygen atoms in total. The fourth-order valence-electron chi connectivity index (χ4n) is 4.08. The molecular weight excluding hydrogens is 371 g/mol. The van der Waals surface area contributed by atoms with Crippen molar-refractivity contribution in [2.45, 2.75) is 38.1 Å². The largest absolute Gasteiger partial charge is 0.381 e. The zero-order valence-electron chi connectivity index (χ0n) is 17.8. The van der Waals surface area contributed by atoms with Gasteiger partial charge >= 0.3 is 0 Å². The maximum absolute atomic E-state index is 13.9. The normalized spacial score (nSPS) is 21.6. The Morgan fingerprint density at radius 3 is 2.59 bits per heavy atom. The van der Waals surface area contributed by atoms with Gasteiger partial charge < -0.3 is 20.1 Å². The molecule has 0 aromatic heterocycles. The lowest BCUT2D eigenvalue weighted by Crippen LogP contribution is -2.49. The van der Waals surface area contributed by atoms with E-state index in [-0.39, 0.29) is 11.2 Å². The molecule has 2 N–H and O–H groups in total. The van der Waals surface area contributed by atoms with Gasteiger partial charge in [0, 0.05) is 50.8 Å². The Bertz CT molecular complexity index is 658. The van der Waals surface area contributed by atoms with Crippen molar-refractivity contribution in [3.05, 3.63) is 35.6 Å². The number of nitrogens with zero attached hydrogens (tertiary/aromatic N) is 2. The van der Waals surface area contributed by atoms with Crippen LogP contribution in [0.3, 0.4) is 0 Å². The predicted octanol–water partition coefficient (Wildman–Crippen LogP) is 2.15. The van der Waals surface area contributed by atoms with E-state index in [2.05, 4.69) is 29.4 Å². The van der Waals surface area contributed by atoms with E-state index in [0.29, 0.717) is 25.8 Å². The number of rotatable bonds is 7. The maximum Gasteiger partial charge on any atom is 0.191 e. The Labute approximate surface area is 173 Å². The third kappa shape index (κ3) is 6.14. The van der Waals surface area contributed by atoms with E-state index in [1.807, 2.05) is 6.07 Å². The summed E-state index contributed by atoms with van der Waals surface area (Å²) in [6.07, 6.45) is 1.70. The van der Waals surface area contributed by atoms with Crippen molar-refractivity contribution in [2.24, 2.45) is 4.99 Å². The second-order valence-electron chi connectivity index (χ2n) is 7.98. The Hall–Kier alpha value is -1.70. The van der Waals surface area contributed by atoms with Crippen LogP contribution in [-0.4, -0.2) is 76.1 Å². The zero-order valence-corrected chi connectivity index (χ0v) is 17.8. The molecule has 1 aromatic rings. The number of morpholine rings is 1. The molecule has 1 atom stereocenters. The molecule has 162 valence electrons. The molecule has 1 aromatic carbocycles. The molecule has 0 spiro atoms. The quantitative estimate of drug-likeness (QED) is 0.537. The number of nitrogens with one attached hydrogen (secondary N) is 2. The molecular formula is C22H35FN4O2. The number of aliphatic imine (C=N–C) groups is 1. The molecule has 29 heavy (non-hydrogen) atoms. The predicted molar refractivity (Wildman–Crippen MR) is 114 cm³/mol. The van der Waals surface area contributed by atoms with Gasteiger partial charge in [0.2, 0.25) is 0 Å². The number of ether oxygens (including phenoxy) is 2. The van der Waals surface area contributed by atoms with Crippen LogP contribution < -0.4 is 10.6 Å². The minimum Gasteiger partial charge on any atom is -0.381 e. The smallest absolute Gasteiger partial charge is 0.191 e. The van der Waals surface area contributed by atoms with Crippen molar-refractivity contribution < 1.29 is 13.9 Å². The van der Waals surface area contributed by atoms with Crippen LogP contribution in [0.4, 0.5) is 4.39 Å². The molecule has 0 radical (unpaired) electrons. The van der Waals surface area contributed by atoms with Crippen LogP contribution in [0.5, 0.6) is 0 Å². The molecule has 2 aliphatic rings. The summed E-state index contributed by atoms with van der Waals surface area (Å²) in [7, 11) is 0. The van der Waals surface area contributed by atoms with E-state index in [9.17, 15) is 4.39 Å². The first-order valence-electron chi connectivity index (χ1n) is 10.8. The minimum absolute atomic E-state index is 0.182. The van der Waals surface area contributed by atoms with Crippen LogP contribution in [-0.2, 0) is 14.9 Å². The van der Waals surface area contributed by atoms with Crippen molar-refractivity contribution >= 4 is 5.96 Å². The van der Waals surface area contributed by atoms with Crippen LogP contribution in [0.25, 0.3) is 0 Å². The molecule has 2 heterocycles. The molecule has 0 bridgehead atoms. The highest BCUT2D eigenvalue weighted by molar-refractivity contribution is 5.79. The van der Waals surface area contributed by atoms with Gasteiger partial charge in [0.1, 0.15) is 5.82 Å². The zero-order chi connectivity index (χ0) is 20.5. The molecule has 0 aliphatic carbocycles. The maximum atomic E-state index is 13.9. The summed E-state index contributed by atoms with van der Waals surface area (Å²) in [5, 5.41) is 6.84. The SMILES string of the molecule is CCNC(=NCC1(c2cccc(F)c2)CCOCC1)NCC(C)N1CCOCC1. The van der Waals surface area contributed by atoms with Crippen LogP contribution in [0.2, 0.25) is 0 Å². The summed E-state index contributed by atoms with van der Waals surface area (Å²) in [6.45, 7) is 11.4. The van der Waals surface area contributed by atoms with Crippen molar-refractivity contribution in [1.29, 1.82) is 0 Å². The van der Waals surface area contributed by atoms with Crippen molar-refractivity contribution in [2.75, 3.05) is 59.2 Å². The average molecular weight is 407 g/mol. The van der Waals surface area contributed by atoms with Gasteiger partial charge in [-0.2, -0.15) is 0 Å².